The van der Waals surface area contributed by atoms with E-state index >= 15 is 0 Å². The van der Waals surface area contributed by atoms with Crippen LogP contribution in [-0.4, -0.2) is 0 Å². The molecule has 2 nitrogen and oxygen atoms in total. The number of para-hydroxylation sites is 2. The summed E-state index contributed by atoms with van der Waals surface area (Å²) in [7, 11) is 0. The van der Waals surface area contributed by atoms with E-state index in [4.69, 9.17) is 4.42 Å². The Bertz CT molecular complexity index is 3460. The molecule has 0 saturated heterocycles. The fourth-order valence-corrected chi connectivity index (χ4v) is 8.23. The first-order valence-electron chi connectivity index (χ1n) is 20.8. The molecule has 0 aliphatic rings. The average molecular weight is 718 g/mol. The van der Waals surface area contributed by atoms with Crippen molar-refractivity contribution in [2.75, 3.05) is 4.90 Å². The van der Waals surface area contributed by atoms with E-state index in [1.165, 1.54) is 5.39 Å². The van der Waals surface area contributed by atoms with Crippen molar-refractivity contribution in [3.63, 3.8) is 0 Å². The summed E-state index contributed by atoms with van der Waals surface area (Å²) in [5.74, 6) is 0. The van der Waals surface area contributed by atoms with Crippen LogP contribution in [0.1, 0.15) is 5.48 Å². The van der Waals surface area contributed by atoms with Crippen LogP contribution >= 0.6 is 0 Å². The molecule has 2 heteroatoms. The topological polar surface area (TPSA) is 16.4 Å². The number of rotatable bonds is 6. The second-order valence-electron chi connectivity index (χ2n) is 14.2. The standard InChI is InChI=1S/C54H35NO/c1-2-13-41-35-42(24-23-36(41)11-1)37-25-30-43(31-26-37)55(44-32-27-39(28-33-44)46-19-9-14-38-12-3-4-16-45(38)46)51-21-7-5-17-47(51)49-20-10-15-40-29-34-50-48-18-6-8-22-52(48)56-54(50)53(40)49/h1-35H/i27D,28D,32D,33D. The summed E-state index contributed by atoms with van der Waals surface area (Å²) < 4.78 is 45.2. The third-order valence-corrected chi connectivity index (χ3v) is 10.9. The highest BCUT2D eigenvalue weighted by Crippen LogP contribution is 2.46. The van der Waals surface area contributed by atoms with Crippen LogP contribution in [0.25, 0.3) is 87.6 Å². The van der Waals surface area contributed by atoms with Gasteiger partial charge in [-0.1, -0.05) is 164 Å². The van der Waals surface area contributed by atoms with Gasteiger partial charge in [0.1, 0.15) is 11.2 Å². The maximum atomic E-state index is 9.74. The maximum absolute atomic E-state index is 9.74. The van der Waals surface area contributed by atoms with E-state index in [1.807, 2.05) is 114 Å². The zero-order valence-corrected chi connectivity index (χ0v) is 30.3. The molecule has 262 valence electrons. The highest BCUT2D eigenvalue weighted by molar-refractivity contribution is 6.19. The number of furan rings is 1. The minimum atomic E-state index is -0.134. The quantitative estimate of drug-likeness (QED) is 0.170. The van der Waals surface area contributed by atoms with Gasteiger partial charge >= 0.3 is 0 Å². The fraction of sp³-hybridized carbons (Fsp3) is 0. The number of benzene rings is 10. The zero-order valence-electron chi connectivity index (χ0n) is 34.3. The SMILES string of the molecule is [2H]c1c([2H])c(N(c2ccc(-c3ccc4ccccc4c3)cc2)c2ccccc2-c2cccc3ccc4c5ccccc5oc4c23)c([2H])c([2H])c1-c1cccc2ccccc12. The molecule has 11 rings (SSSR count). The Morgan fingerprint density at radius 2 is 1.00 bits per heavy atom. The Kier molecular flexibility index (Phi) is 6.60. The van der Waals surface area contributed by atoms with E-state index in [0.29, 0.717) is 16.9 Å². The minimum absolute atomic E-state index is 0.105. The third kappa shape index (κ3) is 5.34. The number of hydrogen-bond donors (Lipinski definition) is 0. The van der Waals surface area contributed by atoms with Crippen molar-refractivity contribution in [1.29, 1.82) is 0 Å². The average Bonchev–Trinajstić information content (AvgIpc) is 3.69. The second kappa shape index (κ2) is 13.2. The lowest BCUT2D eigenvalue weighted by atomic mass is 9.94. The van der Waals surface area contributed by atoms with Gasteiger partial charge in [-0.3, -0.25) is 0 Å². The van der Waals surface area contributed by atoms with Crippen LogP contribution in [0.3, 0.4) is 0 Å². The summed E-state index contributed by atoms with van der Waals surface area (Å²) in [5.41, 5.74) is 7.95. The molecular formula is C54H35NO. The lowest BCUT2D eigenvalue weighted by molar-refractivity contribution is 0.673. The summed E-state index contributed by atoms with van der Waals surface area (Å²) in [4.78, 5) is 1.89. The Morgan fingerprint density at radius 3 is 1.86 bits per heavy atom. The molecule has 1 aromatic heterocycles. The summed E-state index contributed by atoms with van der Waals surface area (Å²) in [6.07, 6.45) is 0. The first-order valence-corrected chi connectivity index (χ1v) is 18.8. The lowest BCUT2D eigenvalue weighted by Gasteiger charge is -2.28. The fourth-order valence-electron chi connectivity index (χ4n) is 8.23. The van der Waals surface area contributed by atoms with Crippen molar-refractivity contribution in [1.82, 2.24) is 0 Å². The molecule has 10 aromatic carbocycles. The van der Waals surface area contributed by atoms with Crippen molar-refractivity contribution in [3.05, 3.63) is 212 Å². The van der Waals surface area contributed by atoms with Crippen molar-refractivity contribution < 1.29 is 9.90 Å². The molecule has 0 amide bonds. The van der Waals surface area contributed by atoms with Crippen molar-refractivity contribution in [3.8, 4) is 33.4 Å². The zero-order chi connectivity index (χ0) is 40.5. The van der Waals surface area contributed by atoms with Crippen molar-refractivity contribution in [2.24, 2.45) is 0 Å². The number of fused-ring (bicyclic) bond motifs is 7. The number of hydrogen-bond acceptors (Lipinski definition) is 2. The van der Waals surface area contributed by atoms with Gasteiger partial charge in [0.25, 0.3) is 0 Å². The molecule has 56 heavy (non-hydrogen) atoms. The molecular weight excluding hydrogens is 679 g/mol. The van der Waals surface area contributed by atoms with Gasteiger partial charge in [0.05, 0.1) is 11.2 Å². The summed E-state index contributed by atoms with van der Waals surface area (Å²) in [6, 6.07) is 62.6. The van der Waals surface area contributed by atoms with Gasteiger partial charge < -0.3 is 9.32 Å². The van der Waals surface area contributed by atoms with Gasteiger partial charge in [-0.2, -0.15) is 0 Å². The van der Waals surface area contributed by atoms with E-state index < -0.39 is 0 Å². The Labute approximate surface area is 330 Å². The van der Waals surface area contributed by atoms with Crippen LogP contribution in [0.2, 0.25) is 0 Å². The molecule has 11 aromatic rings. The van der Waals surface area contributed by atoms with Crippen molar-refractivity contribution >= 4 is 71.3 Å². The maximum Gasteiger partial charge on any atom is 0.143 e. The van der Waals surface area contributed by atoms with Gasteiger partial charge in [-0.05, 0) is 103 Å². The van der Waals surface area contributed by atoms with Crippen LogP contribution in [0.4, 0.5) is 17.1 Å². The third-order valence-electron chi connectivity index (χ3n) is 10.9. The highest BCUT2D eigenvalue weighted by Gasteiger charge is 2.21. The summed E-state index contributed by atoms with van der Waals surface area (Å²) >= 11 is 0. The molecule has 1 heterocycles. The van der Waals surface area contributed by atoms with Gasteiger partial charge in [-0.25, -0.2) is 0 Å². The molecule has 0 aliphatic heterocycles. The predicted molar refractivity (Wildman–Crippen MR) is 237 cm³/mol. The first kappa shape index (κ1) is 28.1. The lowest BCUT2D eigenvalue weighted by Crippen LogP contribution is -2.11. The molecule has 0 radical (unpaired) electrons. The summed E-state index contributed by atoms with van der Waals surface area (Å²) in [5, 5.41) is 8.19. The van der Waals surface area contributed by atoms with E-state index in [-0.39, 0.29) is 35.4 Å². The monoisotopic (exact) mass is 717 g/mol. The van der Waals surface area contributed by atoms with E-state index in [2.05, 4.69) is 78.9 Å². The molecule has 0 unspecified atom stereocenters. The number of anilines is 3. The highest BCUT2D eigenvalue weighted by atomic mass is 16.3. The molecule has 0 aliphatic carbocycles. The smallest absolute Gasteiger partial charge is 0.143 e. The van der Waals surface area contributed by atoms with Gasteiger partial charge in [0.15, 0.2) is 0 Å². The molecule has 0 bridgehead atoms. The van der Waals surface area contributed by atoms with Crippen LogP contribution in [0.15, 0.2) is 217 Å². The van der Waals surface area contributed by atoms with Crippen LogP contribution in [-0.2, 0) is 0 Å². The largest absolute Gasteiger partial charge is 0.455 e. The van der Waals surface area contributed by atoms with Gasteiger partial charge in [-0.15, -0.1) is 0 Å². The second-order valence-corrected chi connectivity index (χ2v) is 14.2. The van der Waals surface area contributed by atoms with Gasteiger partial charge in [0, 0.05) is 33.1 Å². The predicted octanol–water partition coefficient (Wildman–Crippen LogP) is 15.5. The molecule has 0 spiro atoms. The van der Waals surface area contributed by atoms with Crippen LogP contribution in [0, 0.1) is 0 Å². The minimum Gasteiger partial charge on any atom is -0.455 e. The van der Waals surface area contributed by atoms with E-state index in [0.717, 1.165) is 71.1 Å². The summed E-state index contributed by atoms with van der Waals surface area (Å²) in [6.45, 7) is 0. The molecule has 0 atom stereocenters. The van der Waals surface area contributed by atoms with Crippen LogP contribution in [0.5, 0.6) is 0 Å². The van der Waals surface area contributed by atoms with Crippen LogP contribution < -0.4 is 4.90 Å². The Balaban J connectivity index is 1.16. The molecule has 0 N–H and O–H groups in total. The normalized spacial score (nSPS) is 12.6. The first-order chi connectivity index (χ1) is 29.4. The number of nitrogens with zero attached hydrogens (tertiary/aromatic N) is 1. The van der Waals surface area contributed by atoms with Crippen molar-refractivity contribution in [2.45, 2.75) is 0 Å². The Hall–Kier alpha value is -7.42. The Morgan fingerprint density at radius 1 is 0.375 bits per heavy atom. The van der Waals surface area contributed by atoms with E-state index in [9.17, 15) is 5.48 Å². The van der Waals surface area contributed by atoms with E-state index in [1.54, 1.807) is 0 Å². The molecule has 0 fully saturated rings. The molecule has 0 saturated carbocycles. The van der Waals surface area contributed by atoms with Gasteiger partial charge in [0.2, 0.25) is 0 Å².